The number of nitrogens with zero attached hydrogens (tertiary/aromatic N) is 1. The molecule has 112 valence electrons. The Balaban J connectivity index is 2.15. The molecule has 0 unspecified atom stereocenters. The summed E-state index contributed by atoms with van der Waals surface area (Å²) >= 11 is 1.43. The Bertz CT molecular complexity index is 466. The van der Waals surface area contributed by atoms with Crippen molar-refractivity contribution < 1.29 is 14.3 Å². The molecule has 0 fully saturated rings. The maximum absolute atomic E-state index is 11.6. The van der Waals surface area contributed by atoms with Crippen LogP contribution in [0.1, 0.15) is 38.5 Å². The predicted molar refractivity (Wildman–Crippen MR) is 79.0 cm³/mol. The van der Waals surface area contributed by atoms with Gasteiger partial charge in [0, 0.05) is 24.0 Å². The number of aromatic nitrogens is 1. The summed E-state index contributed by atoms with van der Waals surface area (Å²) in [6.45, 7) is 7.74. The van der Waals surface area contributed by atoms with Gasteiger partial charge in [0.15, 0.2) is 5.13 Å². The Morgan fingerprint density at radius 3 is 2.65 bits per heavy atom. The van der Waals surface area contributed by atoms with Gasteiger partial charge in [0.05, 0.1) is 0 Å². The summed E-state index contributed by atoms with van der Waals surface area (Å²) in [5.74, 6) is -0.106. The summed E-state index contributed by atoms with van der Waals surface area (Å²) in [5.41, 5.74) is -0.510. The van der Waals surface area contributed by atoms with Crippen molar-refractivity contribution in [2.75, 3.05) is 11.9 Å². The van der Waals surface area contributed by atoms with E-state index in [4.69, 9.17) is 4.74 Å². The molecule has 2 amide bonds. The van der Waals surface area contributed by atoms with E-state index in [-0.39, 0.29) is 5.91 Å². The molecule has 1 aromatic heterocycles. The van der Waals surface area contributed by atoms with Crippen LogP contribution in [0.2, 0.25) is 0 Å². The van der Waals surface area contributed by atoms with Gasteiger partial charge in [0.25, 0.3) is 0 Å². The molecule has 7 heteroatoms. The number of carbonyl (C=O) groups excluding carboxylic acids is 2. The molecular weight excluding hydrogens is 278 g/mol. The number of amides is 2. The second-order valence-corrected chi connectivity index (χ2v) is 6.59. The summed E-state index contributed by atoms with van der Waals surface area (Å²) in [6.07, 6.45) is 2.13. The highest BCUT2D eigenvalue weighted by Crippen LogP contribution is 2.16. The van der Waals surface area contributed by atoms with Gasteiger partial charge in [-0.05, 0) is 34.1 Å². The Morgan fingerprint density at radius 2 is 2.10 bits per heavy atom. The second kappa shape index (κ2) is 7.23. The molecule has 2 N–H and O–H groups in total. The fourth-order valence-electron chi connectivity index (χ4n) is 1.35. The Morgan fingerprint density at radius 1 is 1.40 bits per heavy atom. The Hall–Kier alpha value is -1.63. The van der Waals surface area contributed by atoms with Crippen LogP contribution in [-0.2, 0) is 9.53 Å². The van der Waals surface area contributed by atoms with Gasteiger partial charge in [-0.25, -0.2) is 9.78 Å². The van der Waals surface area contributed by atoms with E-state index in [2.05, 4.69) is 15.6 Å². The molecule has 0 spiro atoms. The fourth-order valence-corrected chi connectivity index (χ4v) is 2.03. The monoisotopic (exact) mass is 299 g/mol. The Labute approximate surface area is 122 Å². The standard InChI is InChI=1S/C13H21N3O3S/c1-9-8-15-11(20-9)16-10(17)6-5-7-14-12(18)19-13(2,3)4/h8H,5-7H2,1-4H3,(H,14,18)(H,15,16,17). The van der Waals surface area contributed by atoms with Crippen molar-refractivity contribution in [2.45, 2.75) is 46.1 Å². The number of carbonyl (C=O) groups is 2. The van der Waals surface area contributed by atoms with Gasteiger partial charge in [-0.1, -0.05) is 0 Å². The van der Waals surface area contributed by atoms with E-state index in [1.54, 1.807) is 27.0 Å². The number of aryl methyl sites for hydroxylation is 1. The third kappa shape index (κ3) is 7.08. The molecular formula is C13H21N3O3S. The minimum absolute atomic E-state index is 0.106. The number of hydrogen-bond donors (Lipinski definition) is 2. The van der Waals surface area contributed by atoms with Crippen LogP contribution in [0.15, 0.2) is 6.20 Å². The van der Waals surface area contributed by atoms with Crippen molar-refractivity contribution in [1.82, 2.24) is 10.3 Å². The quantitative estimate of drug-likeness (QED) is 0.819. The normalized spacial score (nSPS) is 11.0. The van der Waals surface area contributed by atoms with Gasteiger partial charge < -0.3 is 15.4 Å². The second-order valence-electron chi connectivity index (χ2n) is 5.36. The molecule has 6 nitrogen and oxygen atoms in total. The lowest BCUT2D eigenvalue weighted by Gasteiger charge is -2.19. The number of thiazole rings is 1. The zero-order valence-electron chi connectivity index (χ0n) is 12.3. The highest BCUT2D eigenvalue weighted by atomic mass is 32.1. The van der Waals surface area contributed by atoms with Crippen molar-refractivity contribution in [3.63, 3.8) is 0 Å². The summed E-state index contributed by atoms with van der Waals surface area (Å²) in [5, 5.41) is 5.93. The minimum atomic E-state index is -0.510. The summed E-state index contributed by atoms with van der Waals surface area (Å²) in [7, 11) is 0. The van der Waals surface area contributed by atoms with E-state index < -0.39 is 11.7 Å². The predicted octanol–water partition coefficient (Wildman–Crippen LogP) is 2.69. The van der Waals surface area contributed by atoms with Crippen molar-refractivity contribution in [2.24, 2.45) is 0 Å². The molecule has 1 rings (SSSR count). The van der Waals surface area contributed by atoms with Gasteiger partial charge in [-0.15, -0.1) is 11.3 Å². The van der Waals surface area contributed by atoms with Crippen LogP contribution in [0.3, 0.4) is 0 Å². The van der Waals surface area contributed by atoms with Crippen LogP contribution in [0, 0.1) is 6.92 Å². The summed E-state index contributed by atoms with van der Waals surface area (Å²) in [6, 6.07) is 0. The lowest BCUT2D eigenvalue weighted by molar-refractivity contribution is -0.116. The number of rotatable bonds is 5. The van der Waals surface area contributed by atoms with Crippen LogP contribution in [-0.4, -0.2) is 29.1 Å². The molecule has 0 aliphatic heterocycles. The molecule has 0 bridgehead atoms. The largest absolute Gasteiger partial charge is 0.444 e. The number of alkyl carbamates (subject to hydrolysis) is 1. The van der Waals surface area contributed by atoms with Gasteiger partial charge in [-0.3, -0.25) is 4.79 Å². The first-order valence-corrected chi connectivity index (χ1v) is 7.27. The highest BCUT2D eigenvalue weighted by Gasteiger charge is 2.15. The average molecular weight is 299 g/mol. The molecule has 1 heterocycles. The van der Waals surface area contributed by atoms with Crippen LogP contribution >= 0.6 is 11.3 Å². The maximum atomic E-state index is 11.6. The maximum Gasteiger partial charge on any atom is 0.407 e. The topological polar surface area (TPSA) is 80.3 Å². The average Bonchev–Trinajstić information content (AvgIpc) is 2.68. The van der Waals surface area contributed by atoms with Gasteiger partial charge in [0.1, 0.15) is 5.60 Å². The van der Waals surface area contributed by atoms with Gasteiger partial charge >= 0.3 is 6.09 Å². The van der Waals surface area contributed by atoms with Crippen molar-refractivity contribution in [1.29, 1.82) is 0 Å². The summed E-state index contributed by atoms with van der Waals surface area (Å²) < 4.78 is 5.08. The third-order valence-electron chi connectivity index (χ3n) is 2.12. The molecule has 0 aliphatic rings. The SMILES string of the molecule is Cc1cnc(NC(=O)CCCNC(=O)OC(C)(C)C)s1. The van der Waals surface area contributed by atoms with E-state index in [1.807, 2.05) is 6.92 Å². The number of nitrogens with one attached hydrogen (secondary N) is 2. The molecule has 0 radical (unpaired) electrons. The van der Waals surface area contributed by atoms with Gasteiger partial charge in [-0.2, -0.15) is 0 Å². The van der Waals surface area contributed by atoms with E-state index in [0.717, 1.165) is 4.88 Å². The first-order valence-electron chi connectivity index (χ1n) is 6.45. The first kappa shape index (κ1) is 16.4. The van der Waals surface area contributed by atoms with Crippen LogP contribution in [0.5, 0.6) is 0 Å². The van der Waals surface area contributed by atoms with E-state index in [1.165, 1.54) is 11.3 Å². The fraction of sp³-hybridized carbons (Fsp3) is 0.615. The molecule has 0 aromatic carbocycles. The van der Waals surface area contributed by atoms with E-state index >= 15 is 0 Å². The van der Waals surface area contributed by atoms with E-state index in [9.17, 15) is 9.59 Å². The molecule has 20 heavy (non-hydrogen) atoms. The molecule has 0 saturated carbocycles. The smallest absolute Gasteiger partial charge is 0.407 e. The number of ether oxygens (including phenoxy) is 1. The molecule has 0 aliphatic carbocycles. The first-order chi connectivity index (χ1) is 9.26. The molecule has 0 atom stereocenters. The van der Waals surface area contributed by atoms with Crippen molar-refractivity contribution in [3.8, 4) is 0 Å². The molecule has 0 saturated heterocycles. The zero-order valence-corrected chi connectivity index (χ0v) is 13.1. The Kier molecular flexibility index (Phi) is 5.94. The lowest BCUT2D eigenvalue weighted by atomic mass is 10.2. The zero-order chi connectivity index (χ0) is 15.2. The summed E-state index contributed by atoms with van der Waals surface area (Å²) in [4.78, 5) is 28.1. The van der Waals surface area contributed by atoms with Crippen molar-refractivity contribution >= 4 is 28.5 Å². The van der Waals surface area contributed by atoms with Crippen LogP contribution < -0.4 is 10.6 Å². The lowest BCUT2D eigenvalue weighted by Crippen LogP contribution is -2.33. The van der Waals surface area contributed by atoms with Crippen LogP contribution in [0.4, 0.5) is 9.93 Å². The van der Waals surface area contributed by atoms with Crippen molar-refractivity contribution in [3.05, 3.63) is 11.1 Å². The van der Waals surface area contributed by atoms with Crippen LogP contribution in [0.25, 0.3) is 0 Å². The third-order valence-corrected chi connectivity index (χ3v) is 2.94. The van der Waals surface area contributed by atoms with E-state index in [0.29, 0.717) is 24.5 Å². The minimum Gasteiger partial charge on any atom is -0.444 e. The molecule has 1 aromatic rings. The number of anilines is 1. The highest BCUT2D eigenvalue weighted by molar-refractivity contribution is 7.15. The number of hydrogen-bond acceptors (Lipinski definition) is 5. The van der Waals surface area contributed by atoms with Gasteiger partial charge in [0.2, 0.25) is 5.91 Å².